The summed E-state index contributed by atoms with van der Waals surface area (Å²) in [5.74, 6) is -0.578. The SMILES string of the molecule is C/C(CC(=O)NCc1ccccc1Cl)=N/NC(=O)c1cccnc1. The summed E-state index contributed by atoms with van der Waals surface area (Å²) in [6, 6.07) is 10.6. The number of nitrogens with zero attached hydrogens (tertiary/aromatic N) is 2. The second-order valence-corrected chi connectivity index (χ2v) is 5.48. The molecular formula is C17H17ClN4O2. The Morgan fingerprint density at radius 2 is 2.00 bits per heavy atom. The highest BCUT2D eigenvalue weighted by atomic mass is 35.5. The first-order chi connectivity index (χ1) is 11.6. The van der Waals surface area contributed by atoms with Crippen LogP contribution in [0.15, 0.2) is 53.9 Å². The number of carbonyl (C=O) groups is 2. The Kier molecular flexibility index (Phi) is 6.45. The number of benzene rings is 1. The number of carbonyl (C=O) groups excluding carboxylic acids is 2. The van der Waals surface area contributed by atoms with Gasteiger partial charge in [-0.05, 0) is 30.7 Å². The third-order valence-corrected chi connectivity index (χ3v) is 3.49. The van der Waals surface area contributed by atoms with Crippen LogP contribution < -0.4 is 10.7 Å². The minimum atomic E-state index is -0.376. The summed E-state index contributed by atoms with van der Waals surface area (Å²) < 4.78 is 0. The molecule has 0 aliphatic heterocycles. The van der Waals surface area contributed by atoms with Gasteiger partial charge in [0.15, 0.2) is 0 Å². The second kappa shape index (κ2) is 8.79. The molecule has 0 saturated carbocycles. The van der Waals surface area contributed by atoms with Crippen molar-refractivity contribution in [3.8, 4) is 0 Å². The number of pyridine rings is 1. The van der Waals surface area contributed by atoms with Gasteiger partial charge < -0.3 is 5.32 Å². The van der Waals surface area contributed by atoms with Crippen LogP contribution >= 0.6 is 11.6 Å². The maximum Gasteiger partial charge on any atom is 0.272 e. The first-order valence-electron chi connectivity index (χ1n) is 7.30. The van der Waals surface area contributed by atoms with Crippen molar-refractivity contribution in [3.05, 3.63) is 64.9 Å². The predicted octanol–water partition coefficient (Wildman–Crippen LogP) is 2.55. The zero-order valence-electron chi connectivity index (χ0n) is 13.1. The number of hydrogen-bond acceptors (Lipinski definition) is 4. The summed E-state index contributed by atoms with van der Waals surface area (Å²) in [5, 5.41) is 7.28. The summed E-state index contributed by atoms with van der Waals surface area (Å²) in [7, 11) is 0. The molecule has 0 aliphatic rings. The predicted molar refractivity (Wildman–Crippen MR) is 92.7 cm³/mol. The molecule has 1 aromatic heterocycles. The van der Waals surface area contributed by atoms with E-state index in [1.165, 1.54) is 6.20 Å². The highest BCUT2D eigenvalue weighted by molar-refractivity contribution is 6.31. The highest BCUT2D eigenvalue weighted by Crippen LogP contribution is 2.14. The number of hydrazone groups is 1. The topological polar surface area (TPSA) is 83.5 Å². The summed E-state index contributed by atoms with van der Waals surface area (Å²) in [5.41, 5.74) is 4.12. The van der Waals surface area contributed by atoms with Gasteiger partial charge in [0.2, 0.25) is 5.91 Å². The van der Waals surface area contributed by atoms with Crippen molar-refractivity contribution in [2.45, 2.75) is 19.9 Å². The first kappa shape index (κ1) is 17.6. The van der Waals surface area contributed by atoms with Gasteiger partial charge in [-0.15, -0.1) is 0 Å². The Labute approximate surface area is 144 Å². The summed E-state index contributed by atoms with van der Waals surface area (Å²) in [6.07, 6.45) is 3.10. The molecule has 124 valence electrons. The van der Waals surface area contributed by atoms with E-state index in [4.69, 9.17) is 11.6 Å². The van der Waals surface area contributed by atoms with Crippen LogP contribution in [0, 0.1) is 0 Å². The number of rotatable bonds is 6. The van der Waals surface area contributed by atoms with Crippen molar-refractivity contribution in [2.24, 2.45) is 5.10 Å². The van der Waals surface area contributed by atoms with Gasteiger partial charge in [0.05, 0.1) is 12.0 Å². The van der Waals surface area contributed by atoms with Crippen LogP contribution in [-0.2, 0) is 11.3 Å². The van der Waals surface area contributed by atoms with Crippen molar-refractivity contribution in [2.75, 3.05) is 0 Å². The zero-order valence-corrected chi connectivity index (χ0v) is 13.9. The van der Waals surface area contributed by atoms with E-state index in [0.717, 1.165) is 5.56 Å². The lowest BCUT2D eigenvalue weighted by molar-refractivity contribution is -0.120. The van der Waals surface area contributed by atoms with Crippen LogP contribution in [0.4, 0.5) is 0 Å². The van der Waals surface area contributed by atoms with Gasteiger partial charge >= 0.3 is 0 Å². The molecule has 24 heavy (non-hydrogen) atoms. The Hall–Kier alpha value is -2.73. The third-order valence-electron chi connectivity index (χ3n) is 3.12. The van der Waals surface area contributed by atoms with E-state index in [0.29, 0.717) is 22.8 Å². The number of amides is 2. The van der Waals surface area contributed by atoms with Crippen molar-refractivity contribution < 1.29 is 9.59 Å². The van der Waals surface area contributed by atoms with Crippen molar-refractivity contribution in [3.63, 3.8) is 0 Å². The monoisotopic (exact) mass is 344 g/mol. The normalized spacial score (nSPS) is 11.0. The summed E-state index contributed by atoms with van der Waals surface area (Å²) >= 11 is 6.03. The molecule has 0 unspecified atom stereocenters. The minimum absolute atomic E-state index is 0.0811. The van der Waals surface area contributed by atoms with Crippen LogP contribution in [-0.4, -0.2) is 22.5 Å². The third kappa shape index (κ3) is 5.48. The molecule has 2 N–H and O–H groups in total. The molecule has 0 saturated heterocycles. The lowest BCUT2D eigenvalue weighted by atomic mass is 10.2. The van der Waals surface area contributed by atoms with E-state index in [-0.39, 0.29) is 18.2 Å². The minimum Gasteiger partial charge on any atom is -0.352 e. The highest BCUT2D eigenvalue weighted by Gasteiger charge is 2.07. The smallest absolute Gasteiger partial charge is 0.272 e. The van der Waals surface area contributed by atoms with Gasteiger partial charge in [0, 0.05) is 29.7 Å². The van der Waals surface area contributed by atoms with Crippen molar-refractivity contribution in [1.82, 2.24) is 15.7 Å². The average molecular weight is 345 g/mol. The molecule has 0 bridgehead atoms. The van der Waals surface area contributed by atoms with Crippen LogP contribution in [0.2, 0.25) is 5.02 Å². The van der Waals surface area contributed by atoms with E-state index in [2.05, 4.69) is 20.8 Å². The molecular weight excluding hydrogens is 328 g/mol. The Morgan fingerprint density at radius 3 is 2.71 bits per heavy atom. The molecule has 0 fully saturated rings. The standard InChI is InChI=1S/C17H17ClN4O2/c1-12(21-22-17(24)14-6-4-8-19-10-14)9-16(23)20-11-13-5-2-3-7-15(13)18/h2-8,10H,9,11H2,1H3,(H,20,23)(H,22,24)/b21-12-. The van der Waals surface area contributed by atoms with Crippen LogP contribution in [0.25, 0.3) is 0 Å². The molecule has 2 aromatic rings. The number of hydrogen-bond donors (Lipinski definition) is 2. The van der Waals surface area contributed by atoms with E-state index >= 15 is 0 Å². The quantitative estimate of drug-likeness (QED) is 0.624. The molecule has 2 amide bonds. The Bertz CT molecular complexity index is 747. The molecule has 1 heterocycles. The number of halogens is 1. The molecule has 1 aromatic carbocycles. The number of aromatic nitrogens is 1. The largest absolute Gasteiger partial charge is 0.352 e. The second-order valence-electron chi connectivity index (χ2n) is 5.07. The summed E-state index contributed by atoms with van der Waals surface area (Å²) in [4.78, 5) is 27.6. The van der Waals surface area contributed by atoms with Gasteiger partial charge in [0.1, 0.15) is 0 Å². The first-order valence-corrected chi connectivity index (χ1v) is 7.67. The lowest BCUT2D eigenvalue weighted by Crippen LogP contribution is -2.26. The molecule has 0 aliphatic carbocycles. The molecule has 2 rings (SSSR count). The van der Waals surface area contributed by atoms with Gasteiger partial charge in [-0.25, -0.2) is 5.43 Å². The molecule has 6 nitrogen and oxygen atoms in total. The van der Waals surface area contributed by atoms with E-state index < -0.39 is 0 Å². The van der Waals surface area contributed by atoms with E-state index in [1.807, 2.05) is 18.2 Å². The van der Waals surface area contributed by atoms with Crippen LogP contribution in [0.1, 0.15) is 29.3 Å². The maximum absolute atomic E-state index is 11.9. The van der Waals surface area contributed by atoms with Gasteiger partial charge in [-0.2, -0.15) is 5.10 Å². The van der Waals surface area contributed by atoms with Crippen molar-refractivity contribution in [1.29, 1.82) is 0 Å². The zero-order chi connectivity index (χ0) is 17.4. The number of nitrogens with one attached hydrogen (secondary N) is 2. The van der Waals surface area contributed by atoms with Gasteiger partial charge in [-0.1, -0.05) is 29.8 Å². The lowest BCUT2D eigenvalue weighted by Gasteiger charge is -2.07. The van der Waals surface area contributed by atoms with Gasteiger partial charge in [0.25, 0.3) is 5.91 Å². The fraction of sp³-hybridized carbons (Fsp3) is 0.176. The maximum atomic E-state index is 11.9. The molecule has 0 radical (unpaired) electrons. The fourth-order valence-corrected chi connectivity index (χ4v) is 2.08. The molecule has 7 heteroatoms. The van der Waals surface area contributed by atoms with Gasteiger partial charge in [-0.3, -0.25) is 14.6 Å². The Morgan fingerprint density at radius 1 is 1.21 bits per heavy atom. The van der Waals surface area contributed by atoms with Crippen LogP contribution in [0.5, 0.6) is 0 Å². The fourth-order valence-electron chi connectivity index (χ4n) is 1.88. The van der Waals surface area contributed by atoms with E-state index in [9.17, 15) is 9.59 Å². The average Bonchev–Trinajstić information content (AvgIpc) is 2.59. The molecule has 0 spiro atoms. The van der Waals surface area contributed by atoms with Crippen LogP contribution in [0.3, 0.4) is 0 Å². The van der Waals surface area contributed by atoms with E-state index in [1.54, 1.807) is 31.3 Å². The Balaban J connectivity index is 1.81. The van der Waals surface area contributed by atoms with Crippen molar-refractivity contribution >= 4 is 29.1 Å². The summed E-state index contributed by atoms with van der Waals surface area (Å²) in [6.45, 7) is 2.01. The molecule has 0 atom stereocenters.